The lowest BCUT2D eigenvalue weighted by atomic mass is 9.79. The lowest BCUT2D eigenvalue weighted by molar-refractivity contribution is 0.0964. The number of Topliss-reactive ketones (excluding diaryl/α,β-unsaturated/α-hetero) is 1. The first-order valence-corrected chi connectivity index (χ1v) is 8.44. The van der Waals surface area contributed by atoms with Gasteiger partial charge in [0.25, 0.3) is 5.56 Å². The molecule has 1 atom stereocenters. The van der Waals surface area contributed by atoms with Crippen molar-refractivity contribution in [3.05, 3.63) is 51.4 Å². The fraction of sp³-hybridized carbons (Fsp3) is 0.263. The number of methoxy groups -OCH3 is 2. The van der Waals surface area contributed by atoms with E-state index in [1.54, 1.807) is 20.3 Å². The van der Waals surface area contributed by atoms with Crippen molar-refractivity contribution in [2.45, 2.75) is 18.8 Å². The topological polar surface area (TPSA) is 120 Å². The van der Waals surface area contributed by atoms with Gasteiger partial charge in [0.15, 0.2) is 11.4 Å². The van der Waals surface area contributed by atoms with Gasteiger partial charge in [-0.2, -0.15) is 4.98 Å². The molecule has 4 rings (SSSR count). The predicted molar refractivity (Wildman–Crippen MR) is 99.5 cm³/mol. The molecule has 0 amide bonds. The van der Waals surface area contributed by atoms with Gasteiger partial charge in [-0.3, -0.25) is 14.6 Å². The van der Waals surface area contributed by atoms with E-state index < -0.39 is 5.56 Å². The quantitative estimate of drug-likeness (QED) is 0.725. The molecule has 2 heterocycles. The van der Waals surface area contributed by atoms with Gasteiger partial charge in [0, 0.05) is 24.2 Å². The number of ketones is 1. The number of nitrogens with one attached hydrogen (secondary N) is 1. The van der Waals surface area contributed by atoms with E-state index in [4.69, 9.17) is 15.2 Å². The van der Waals surface area contributed by atoms with Gasteiger partial charge in [-0.05, 0) is 29.5 Å². The zero-order valence-corrected chi connectivity index (χ0v) is 14.9. The number of H-pyrrole nitrogens is 1. The summed E-state index contributed by atoms with van der Waals surface area (Å²) >= 11 is 0. The zero-order chi connectivity index (χ0) is 19.1. The summed E-state index contributed by atoms with van der Waals surface area (Å²) in [5, 5.41) is 0.312. The van der Waals surface area contributed by atoms with Crippen molar-refractivity contribution in [3.63, 3.8) is 0 Å². The molecule has 0 spiro atoms. The summed E-state index contributed by atoms with van der Waals surface area (Å²) in [6.45, 7) is 0. The van der Waals surface area contributed by atoms with Crippen LogP contribution in [0.25, 0.3) is 11.0 Å². The number of nitrogen functional groups attached to an aromatic ring is 1. The summed E-state index contributed by atoms with van der Waals surface area (Å²) in [5.74, 6) is 1.11. The largest absolute Gasteiger partial charge is 0.497 e. The Morgan fingerprint density at radius 3 is 2.74 bits per heavy atom. The number of nitrogens with two attached hydrogens (primary N) is 1. The first-order valence-electron chi connectivity index (χ1n) is 8.44. The number of hydrogen-bond donors (Lipinski definition) is 2. The van der Waals surface area contributed by atoms with Crippen molar-refractivity contribution in [2.75, 3.05) is 20.0 Å². The number of rotatable bonds is 3. The Bertz CT molecular complexity index is 1120. The van der Waals surface area contributed by atoms with Crippen molar-refractivity contribution >= 4 is 22.8 Å². The number of anilines is 1. The number of carbonyl (C=O) groups is 1. The van der Waals surface area contributed by atoms with Crippen molar-refractivity contribution in [1.29, 1.82) is 0 Å². The maximum Gasteiger partial charge on any atom is 0.262 e. The molecule has 1 aliphatic rings. The highest BCUT2D eigenvalue weighted by atomic mass is 16.5. The molecule has 1 aromatic carbocycles. The van der Waals surface area contributed by atoms with Gasteiger partial charge in [-0.1, -0.05) is 6.07 Å². The fourth-order valence-electron chi connectivity index (χ4n) is 3.66. The maximum absolute atomic E-state index is 12.8. The highest BCUT2D eigenvalue weighted by Crippen LogP contribution is 2.39. The van der Waals surface area contributed by atoms with Crippen LogP contribution < -0.4 is 20.8 Å². The number of nitrogens with zero attached hydrogens (tertiary/aromatic N) is 2. The maximum atomic E-state index is 12.8. The van der Waals surface area contributed by atoms with Crippen LogP contribution in [0.4, 0.5) is 5.95 Å². The molecule has 27 heavy (non-hydrogen) atoms. The first-order chi connectivity index (χ1) is 13.0. The van der Waals surface area contributed by atoms with Gasteiger partial charge in [0.2, 0.25) is 5.95 Å². The summed E-state index contributed by atoms with van der Waals surface area (Å²) in [6, 6.07) is 5.51. The lowest BCUT2D eigenvalue weighted by Crippen LogP contribution is -2.23. The SMILES string of the molecule is COc1ccc([C@H]2CC(=O)c3cnc4nc(N)[nH]c(=O)c4c3C2)c(OC)c1. The summed E-state index contributed by atoms with van der Waals surface area (Å²) in [5.41, 5.74) is 7.46. The van der Waals surface area contributed by atoms with E-state index in [0.29, 0.717) is 40.9 Å². The number of ether oxygens (including phenoxy) is 2. The highest BCUT2D eigenvalue weighted by Gasteiger charge is 2.31. The molecule has 0 bridgehead atoms. The van der Waals surface area contributed by atoms with E-state index in [1.165, 1.54) is 6.20 Å². The van der Waals surface area contributed by atoms with Crippen LogP contribution in [0.3, 0.4) is 0 Å². The van der Waals surface area contributed by atoms with Gasteiger partial charge < -0.3 is 15.2 Å². The lowest BCUT2D eigenvalue weighted by Gasteiger charge is -2.26. The van der Waals surface area contributed by atoms with E-state index in [2.05, 4.69) is 15.0 Å². The number of carbonyl (C=O) groups excluding carboxylic acids is 1. The van der Waals surface area contributed by atoms with Crippen LogP contribution in [-0.2, 0) is 6.42 Å². The van der Waals surface area contributed by atoms with Crippen LogP contribution in [0.2, 0.25) is 0 Å². The Morgan fingerprint density at radius 1 is 1.19 bits per heavy atom. The van der Waals surface area contributed by atoms with Crippen LogP contribution in [0.15, 0.2) is 29.2 Å². The fourth-order valence-corrected chi connectivity index (χ4v) is 3.66. The molecule has 3 aromatic rings. The monoisotopic (exact) mass is 366 g/mol. The van der Waals surface area contributed by atoms with Gasteiger partial charge >= 0.3 is 0 Å². The molecule has 1 aliphatic carbocycles. The Balaban J connectivity index is 1.87. The van der Waals surface area contributed by atoms with E-state index in [0.717, 1.165) is 5.56 Å². The second kappa shape index (κ2) is 6.39. The normalized spacial score (nSPS) is 16.2. The minimum atomic E-state index is -0.392. The highest BCUT2D eigenvalue weighted by molar-refractivity contribution is 6.02. The molecule has 0 saturated heterocycles. The minimum Gasteiger partial charge on any atom is -0.497 e. The van der Waals surface area contributed by atoms with Crippen molar-refractivity contribution in [1.82, 2.24) is 15.0 Å². The van der Waals surface area contributed by atoms with Crippen LogP contribution in [-0.4, -0.2) is 35.0 Å². The average Bonchev–Trinajstić information content (AvgIpc) is 2.66. The smallest absolute Gasteiger partial charge is 0.262 e. The van der Waals surface area contributed by atoms with E-state index in [-0.39, 0.29) is 23.3 Å². The van der Waals surface area contributed by atoms with Crippen molar-refractivity contribution < 1.29 is 14.3 Å². The number of aromatic amines is 1. The molecule has 0 aliphatic heterocycles. The summed E-state index contributed by atoms with van der Waals surface area (Å²) in [4.78, 5) is 35.9. The third-order valence-electron chi connectivity index (χ3n) is 4.92. The molecule has 0 unspecified atom stereocenters. The Kier molecular flexibility index (Phi) is 4.02. The molecular weight excluding hydrogens is 348 g/mol. The Labute approximate surface area is 154 Å². The van der Waals surface area contributed by atoms with Crippen LogP contribution in [0.1, 0.15) is 33.8 Å². The van der Waals surface area contributed by atoms with Crippen LogP contribution in [0, 0.1) is 0 Å². The molecule has 3 N–H and O–H groups in total. The van der Waals surface area contributed by atoms with Gasteiger partial charge in [-0.25, -0.2) is 4.98 Å². The number of pyridine rings is 1. The number of fused-ring (bicyclic) bond motifs is 3. The third-order valence-corrected chi connectivity index (χ3v) is 4.92. The van der Waals surface area contributed by atoms with E-state index in [1.807, 2.05) is 12.1 Å². The van der Waals surface area contributed by atoms with Crippen molar-refractivity contribution in [2.24, 2.45) is 0 Å². The molecule has 138 valence electrons. The Hall–Kier alpha value is -3.42. The molecule has 8 nitrogen and oxygen atoms in total. The predicted octanol–water partition coefficient (Wildman–Crippen LogP) is 1.83. The second-order valence-corrected chi connectivity index (χ2v) is 6.44. The average molecular weight is 366 g/mol. The summed E-state index contributed by atoms with van der Waals surface area (Å²) in [7, 11) is 3.16. The number of aromatic nitrogens is 3. The molecule has 0 saturated carbocycles. The molecule has 2 aromatic heterocycles. The standard InChI is InChI=1S/C19H18N4O4/c1-26-10-3-4-11(15(7-10)27-2)9-5-12-13(14(24)6-9)8-21-17-16(12)18(25)23-19(20)22-17/h3-4,7-9H,5-6H2,1-2H3,(H3,20,21,22,23,25)/t9-/m1/s1. The van der Waals surface area contributed by atoms with Gasteiger partial charge in [-0.15, -0.1) is 0 Å². The van der Waals surface area contributed by atoms with Gasteiger partial charge in [0.1, 0.15) is 11.5 Å². The number of benzene rings is 1. The third kappa shape index (κ3) is 2.79. The Morgan fingerprint density at radius 2 is 2.00 bits per heavy atom. The molecule has 0 radical (unpaired) electrons. The second-order valence-electron chi connectivity index (χ2n) is 6.44. The molecule has 8 heteroatoms. The van der Waals surface area contributed by atoms with E-state index >= 15 is 0 Å². The summed E-state index contributed by atoms with van der Waals surface area (Å²) < 4.78 is 10.7. The molecule has 0 fully saturated rings. The first kappa shape index (κ1) is 17.0. The zero-order valence-electron chi connectivity index (χ0n) is 14.9. The van der Waals surface area contributed by atoms with Crippen LogP contribution in [0.5, 0.6) is 11.5 Å². The number of hydrogen-bond acceptors (Lipinski definition) is 7. The molecular formula is C19H18N4O4. The van der Waals surface area contributed by atoms with Gasteiger partial charge in [0.05, 0.1) is 19.6 Å². The minimum absolute atomic E-state index is 0.00420. The van der Waals surface area contributed by atoms with Crippen molar-refractivity contribution in [3.8, 4) is 11.5 Å². The summed E-state index contributed by atoms with van der Waals surface area (Å²) in [6.07, 6.45) is 2.29. The van der Waals surface area contributed by atoms with E-state index in [9.17, 15) is 9.59 Å². The van der Waals surface area contributed by atoms with Crippen LogP contribution >= 0.6 is 0 Å².